The predicted octanol–water partition coefficient (Wildman–Crippen LogP) is -0.111. The van der Waals surface area contributed by atoms with Crippen LogP contribution in [0.25, 0.3) is 0 Å². The number of nitrogens with two attached hydrogens (primary N) is 1. The van der Waals surface area contributed by atoms with E-state index in [0.717, 1.165) is 0 Å². The van der Waals surface area contributed by atoms with E-state index in [4.69, 9.17) is 10.8 Å². The molecule has 17 heavy (non-hydrogen) atoms. The van der Waals surface area contributed by atoms with Crippen molar-refractivity contribution in [1.29, 1.82) is 0 Å². The molecule has 1 amide bonds. The number of nitrogens with zero attached hydrogens (tertiary/aromatic N) is 2. The third kappa shape index (κ3) is 3.87. The average molecular weight is 240 g/mol. The second-order valence-corrected chi connectivity index (χ2v) is 4.08. The van der Waals surface area contributed by atoms with Crippen molar-refractivity contribution in [1.82, 2.24) is 9.78 Å². The molecular formula is C10H16N4O3. The lowest BCUT2D eigenvalue weighted by molar-refractivity contribution is -0.137. The summed E-state index contributed by atoms with van der Waals surface area (Å²) in [4.78, 5) is 22.0. The van der Waals surface area contributed by atoms with Gasteiger partial charge in [-0.15, -0.1) is 0 Å². The number of carbonyl (C=O) groups is 2. The maximum Gasteiger partial charge on any atom is 0.325 e. The van der Waals surface area contributed by atoms with Gasteiger partial charge in [0, 0.05) is 6.20 Å². The normalized spacial score (nSPS) is 12.5. The Hall–Kier alpha value is -1.89. The highest BCUT2D eigenvalue weighted by atomic mass is 16.4. The molecule has 0 radical (unpaired) electrons. The topological polar surface area (TPSA) is 110 Å². The van der Waals surface area contributed by atoms with E-state index < -0.39 is 12.0 Å². The lowest BCUT2D eigenvalue weighted by Gasteiger charge is -2.14. The molecule has 1 aromatic rings. The molecule has 0 aliphatic heterocycles. The van der Waals surface area contributed by atoms with Crippen LogP contribution in [0.4, 0.5) is 5.69 Å². The molecule has 0 aromatic carbocycles. The molecule has 0 unspecified atom stereocenters. The smallest absolute Gasteiger partial charge is 0.325 e. The number of aromatic nitrogens is 2. The van der Waals surface area contributed by atoms with E-state index in [1.54, 1.807) is 0 Å². The van der Waals surface area contributed by atoms with Crippen LogP contribution in [0, 0.1) is 5.92 Å². The largest absolute Gasteiger partial charge is 0.480 e. The Kier molecular flexibility index (Phi) is 4.22. The fourth-order valence-electron chi connectivity index (χ4n) is 1.18. The molecular weight excluding hydrogens is 224 g/mol. The summed E-state index contributed by atoms with van der Waals surface area (Å²) >= 11 is 0. The minimum atomic E-state index is -0.996. The summed E-state index contributed by atoms with van der Waals surface area (Å²) in [6.07, 6.45) is 2.83. The van der Waals surface area contributed by atoms with E-state index in [2.05, 4.69) is 10.4 Å². The zero-order chi connectivity index (χ0) is 13.0. The lowest BCUT2D eigenvalue weighted by Crippen LogP contribution is -2.39. The van der Waals surface area contributed by atoms with Gasteiger partial charge in [-0.25, -0.2) is 0 Å². The molecule has 0 spiro atoms. The number of nitrogens with one attached hydrogen (secondary N) is 1. The van der Waals surface area contributed by atoms with Gasteiger partial charge >= 0.3 is 5.97 Å². The van der Waals surface area contributed by atoms with Gasteiger partial charge in [0.05, 0.1) is 17.9 Å². The first kappa shape index (κ1) is 13.2. The molecule has 1 heterocycles. The molecule has 7 heteroatoms. The van der Waals surface area contributed by atoms with Gasteiger partial charge in [-0.1, -0.05) is 13.8 Å². The van der Waals surface area contributed by atoms with Crippen molar-refractivity contribution in [2.24, 2.45) is 11.7 Å². The van der Waals surface area contributed by atoms with Gasteiger partial charge in [0.1, 0.15) is 6.54 Å². The SMILES string of the molecule is CC(C)[C@H](N)C(=O)Nc1cnn(CC(=O)O)c1. The van der Waals surface area contributed by atoms with E-state index in [1.165, 1.54) is 17.1 Å². The molecule has 0 saturated heterocycles. The second kappa shape index (κ2) is 5.44. The number of carboxylic acid groups (broad SMARTS) is 1. The number of carbonyl (C=O) groups excluding carboxylic acids is 1. The first-order valence-electron chi connectivity index (χ1n) is 5.21. The first-order chi connectivity index (χ1) is 7.90. The number of hydrogen-bond acceptors (Lipinski definition) is 4. The van der Waals surface area contributed by atoms with Gasteiger partial charge in [-0.3, -0.25) is 14.3 Å². The van der Waals surface area contributed by atoms with E-state index >= 15 is 0 Å². The Labute approximate surface area is 98.6 Å². The minimum absolute atomic E-state index is 0.0315. The number of carboxylic acids is 1. The molecule has 0 bridgehead atoms. The van der Waals surface area contributed by atoms with E-state index in [9.17, 15) is 9.59 Å². The Morgan fingerprint density at radius 2 is 2.24 bits per heavy atom. The zero-order valence-corrected chi connectivity index (χ0v) is 9.75. The number of aliphatic carboxylic acids is 1. The standard InChI is InChI=1S/C10H16N4O3/c1-6(2)9(11)10(17)13-7-3-12-14(4-7)5-8(15)16/h3-4,6,9H,5,11H2,1-2H3,(H,13,17)(H,15,16)/t9-/m0/s1. The van der Waals surface area contributed by atoms with Crippen molar-refractivity contribution in [2.75, 3.05) is 5.32 Å². The summed E-state index contributed by atoms with van der Waals surface area (Å²) < 4.78 is 1.22. The van der Waals surface area contributed by atoms with E-state index in [0.29, 0.717) is 5.69 Å². The maximum absolute atomic E-state index is 11.6. The van der Waals surface area contributed by atoms with Crippen molar-refractivity contribution < 1.29 is 14.7 Å². The van der Waals surface area contributed by atoms with Gasteiger partial charge in [0.15, 0.2) is 0 Å². The molecule has 94 valence electrons. The first-order valence-corrected chi connectivity index (χ1v) is 5.21. The highest BCUT2D eigenvalue weighted by molar-refractivity contribution is 5.94. The lowest BCUT2D eigenvalue weighted by atomic mass is 10.1. The highest BCUT2D eigenvalue weighted by Crippen LogP contribution is 2.07. The number of hydrogen-bond donors (Lipinski definition) is 3. The zero-order valence-electron chi connectivity index (χ0n) is 9.75. The van der Waals surface area contributed by atoms with Crippen molar-refractivity contribution in [3.63, 3.8) is 0 Å². The molecule has 7 nitrogen and oxygen atoms in total. The average Bonchev–Trinajstić information content (AvgIpc) is 2.63. The van der Waals surface area contributed by atoms with E-state index in [-0.39, 0.29) is 18.4 Å². The van der Waals surface area contributed by atoms with Crippen LogP contribution in [0.3, 0.4) is 0 Å². The second-order valence-electron chi connectivity index (χ2n) is 4.08. The van der Waals surface area contributed by atoms with Crippen LogP contribution in [0.5, 0.6) is 0 Å². The van der Waals surface area contributed by atoms with Crippen LogP contribution >= 0.6 is 0 Å². The van der Waals surface area contributed by atoms with Gasteiger partial charge < -0.3 is 16.2 Å². The van der Waals surface area contributed by atoms with Crippen molar-refractivity contribution in [2.45, 2.75) is 26.4 Å². The van der Waals surface area contributed by atoms with Crippen molar-refractivity contribution in [3.05, 3.63) is 12.4 Å². The summed E-state index contributed by atoms with van der Waals surface area (Å²) in [6.45, 7) is 3.45. The maximum atomic E-state index is 11.6. The fraction of sp³-hybridized carbons (Fsp3) is 0.500. The van der Waals surface area contributed by atoms with Gasteiger partial charge in [0.2, 0.25) is 5.91 Å². The van der Waals surface area contributed by atoms with Gasteiger partial charge in [-0.2, -0.15) is 5.10 Å². The van der Waals surface area contributed by atoms with E-state index in [1.807, 2.05) is 13.8 Å². The third-order valence-electron chi connectivity index (χ3n) is 2.22. The Morgan fingerprint density at radius 1 is 1.59 bits per heavy atom. The summed E-state index contributed by atoms with van der Waals surface area (Å²) in [6, 6.07) is -0.599. The van der Waals surface area contributed by atoms with Crippen molar-refractivity contribution in [3.8, 4) is 0 Å². The Morgan fingerprint density at radius 3 is 2.76 bits per heavy atom. The van der Waals surface area contributed by atoms with Gasteiger partial charge in [-0.05, 0) is 5.92 Å². The fourth-order valence-corrected chi connectivity index (χ4v) is 1.18. The number of anilines is 1. The summed E-state index contributed by atoms with van der Waals surface area (Å²) in [5.74, 6) is -1.27. The summed E-state index contributed by atoms with van der Waals surface area (Å²) in [5, 5.41) is 14.9. The highest BCUT2D eigenvalue weighted by Gasteiger charge is 2.17. The molecule has 1 rings (SSSR count). The quantitative estimate of drug-likeness (QED) is 0.665. The molecule has 1 aromatic heterocycles. The van der Waals surface area contributed by atoms with Crippen LogP contribution in [-0.4, -0.2) is 32.8 Å². The Bertz CT molecular complexity index is 413. The molecule has 0 saturated carbocycles. The monoisotopic (exact) mass is 240 g/mol. The molecule has 0 aliphatic rings. The van der Waals surface area contributed by atoms with Crippen LogP contribution in [0.2, 0.25) is 0 Å². The van der Waals surface area contributed by atoms with Crippen LogP contribution < -0.4 is 11.1 Å². The Balaban J connectivity index is 2.60. The summed E-state index contributed by atoms with van der Waals surface area (Å²) in [7, 11) is 0. The number of amides is 1. The van der Waals surface area contributed by atoms with Crippen LogP contribution in [0.15, 0.2) is 12.4 Å². The van der Waals surface area contributed by atoms with Crippen LogP contribution in [-0.2, 0) is 16.1 Å². The minimum Gasteiger partial charge on any atom is -0.480 e. The molecule has 0 aliphatic carbocycles. The molecule has 4 N–H and O–H groups in total. The van der Waals surface area contributed by atoms with Gasteiger partial charge in [0.25, 0.3) is 0 Å². The van der Waals surface area contributed by atoms with Crippen molar-refractivity contribution >= 4 is 17.6 Å². The predicted molar refractivity (Wildman–Crippen MR) is 61.3 cm³/mol. The summed E-state index contributed by atoms with van der Waals surface area (Å²) in [5.41, 5.74) is 6.10. The molecule has 1 atom stereocenters. The third-order valence-corrected chi connectivity index (χ3v) is 2.22. The van der Waals surface area contributed by atoms with Crippen LogP contribution in [0.1, 0.15) is 13.8 Å². The number of rotatable bonds is 5. The molecule has 0 fully saturated rings.